The summed E-state index contributed by atoms with van der Waals surface area (Å²) in [6, 6.07) is 4.82. The van der Waals surface area contributed by atoms with E-state index in [9.17, 15) is 13.2 Å². The van der Waals surface area contributed by atoms with E-state index in [0.717, 1.165) is 22.4 Å². The maximum Gasteiger partial charge on any atom is 0.246 e. The number of benzene rings is 1. The van der Waals surface area contributed by atoms with Crippen LogP contribution in [0.15, 0.2) is 23.1 Å². The Morgan fingerprint density at radius 3 is 2.73 bits per heavy atom. The summed E-state index contributed by atoms with van der Waals surface area (Å²) in [4.78, 5) is 12.3. The van der Waals surface area contributed by atoms with E-state index < -0.39 is 10.0 Å². The summed E-state index contributed by atoms with van der Waals surface area (Å²) in [7, 11) is -0.752. The van der Waals surface area contributed by atoms with Crippen molar-refractivity contribution in [1.29, 1.82) is 0 Å². The first kappa shape index (κ1) is 23.0. The summed E-state index contributed by atoms with van der Waals surface area (Å²) in [6.07, 6.45) is 0.357. The molecule has 1 heterocycles. The number of amides is 1. The van der Waals surface area contributed by atoms with Gasteiger partial charge >= 0.3 is 0 Å². The van der Waals surface area contributed by atoms with E-state index in [-0.39, 0.29) is 35.0 Å². The summed E-state index contributed by atoms with van der Waals surface area (Å²) >= 11 is 1.82. The Balaban J connectivity index is 0.00000338. The first-order valence-corrected chi connectivity index (χ1v) is 10.7. The van der Waals surface area contributed by atoms with E-state index in [1.54, 1.807) is 19.1 Å². The molecule has 1 aliphatic heterocycles. The minimum Gasteiger partial charge on any atom is -0.492 e. The number of hydrogen-bond acceptors (Lipinski definition) is 6. The Labute approximate surface area is 165 Å². The predicted molar refractivity (Wildman–Crippen MR) is 108 cm³/mol. The number of ether oxygens (including phenoxy) is 1. The maximum absolute atomic E-state index is 12.5. The lowest BCUT2D eigenvalue weighted by Gasteiger charge is -2.22. The van der Waals surface area contributed by atoms with Gasteiger partial charge in [-0.1, -0.05) is 0 Å². The molecule has 10 heteroatoms. The van der Waals surface area contributed by atoms with Crippen LogP contribution in [0.5, 0.6) is 5.75 Å². The highest BCUT2D eigenvalue weighted by atomic mass is 35.5. The predicted octanol–water partition coefficient (Wildman–Crippen LogP) is 1.79. The van der Waals surface area contributed by atoms with Gasteiger partial charge in [0.2, 0.25) is 15.9 Å². The zero-order chi connectivity index (χ0) is 18.4. The summed E-state index contributed by atoms with van der Waals surface area (Å²) in [5.41, 5.74) is 0.442. The molecule has 1 aliphatic rings. The number of rotatable bonds is 7. The van der Waals surface area contributed by atoms with Gasteiger partial charge in [-0.05, 0) is 25.1 Å². The second kappa shape index (κ2) is 10.4. The van der Waals surface area contributed by atoms with E-state index in [2.05, 4.69) is 10.6 Å². The zero-order valence-electron chi connectivity index (χ0n) is 15.1. The smallest absolute Gasteiger partial charge is 0.246 e. The van der Waals surface area contributed by atoms with Crippen molar-refractivity contribution in [3.05, 3.63) is 18.2 Å². The van der Waals surface area contributed by atoms with Crippen LogP contribution >= 0.6 is 24.2 Å². The Bertz CT molecular complexity index is 707. The fourth-order valence-corrected chi connectivity index (χ4v) is 4.45. The van der Waals surface area contributed by atoms with Crippen molar-refractivity contribution in [3.8, 4) is 5.75 Å². The van der Waals surface area contributed by atoms with Crippen LogP contribution in [0.25, 0.3) is 0 Å². The van der Waals surface area contributed by atoms with Crippen LogP contribution in [-0.4, -0.2) is 63.4 Å². The van der Waals surface area contributed by atoms with E-state index in [0.29, 0.717) is 18.7 Å². The van der Waals surface area contributed by atoms with Crippen molar-refractivity contribution in [2.24, 2.45) is 0 Å². The molecule has 1 atom stereocenters. The second-order valence-electron chi connectivity index (χ2n) is 5.86. The molecule has 2 N–H and O–H groups in total. The number of nitrogens with zero attached hydrogens (tertiary/aromatic N) is 1. The molecule has 0 bridgehead atoms. The third kappa shape index (κ3) is 6.02. The molecule has 2 rings (SSSR count). The van der Waals surface area contributed by atoms with Crippen molar-refractivity contribution in [3.63, 3.8) is 0 Å². The van der Waals surface area contributed by atoms with Gasteiger partial charge in [0.15, 0.2) is 0 Å². The lowest BCUT2D eigenvalue weighted by Crippen LogP contribution is -2.39. The van der Waals surface area contributed by atoms with Gasteiger partial charge in [0.25, 0.3) is 0 Å². The standard InChI is InChI=1S/C16H25N3O4S2.ClH/c1-4-23-14-6-5-12(9-15(14)25(21,22)19(2)3)18-16(20)10-13-11-24-8-7-17-13;/h5-6,9,13,17H,4,7-8,10-11H2,1-3H3,(H,18,20);1H. The summed E-state index contributed by atoms with van der Waals surface area (Å²) in [5.74, 6) is 2.09. The van der Waals surface area contributed by atoms with Gasteiger partial charge in [0.1, 0.15) is 10.6 Å². The van der Waals surface area contributed by atoms with Crippen LogP contribution in [0.3, 0.4) is 0 Å². The van der Waals surface area contributed by atoms with Crippen molar-refractivity contribution in [2.75, 3.05) is 44.1 Å². The number of nitrogens with one attached hydrogen (secondary N) is 2. The lowest BCUT2D eigenvalue weighted by molar-refractivity contribution is -0.116. The number of carbonyl (C=O) groups excluding carboxylic acids is 1. The Morgan fingerprint density at radius 1 is 1.42 bits per heavy atom. The van der Waals surface area contributed by atoms with Gasteiger partial charge in [-0.3, -0.25) is 4.79 Å². The van der Waals surface area contributed by atoms with Crippen LogP contribution < -0.4 is 15.4 Å². The van der Waals surface area contributed by atoms with Gasteiger partial charge in [-0.2, -0.15) is 11.8 Å². The Morgan fingerprint density at radius 2 is 2.15 bits per heavy atom. The van der Waals surface area contributed by atoms with Crippen LogP contribution in [0.2, 0.25) is 0 Å². The molecule has 1 amide bonds. The van der Waals surface area contributed by atoms with Gasteiger partial charge in [-0.15, -0.1) is 12.4 Å². The highest BCUT2D eigenvalue weighted by Crippen LogP contribution is 2.29. The second-order valence-corrected chi connectivity index (χ2v) is 9.13. The van der Waals surface area contributed by atoms with Crippen molar-refractivity contribution < 1.29 is 17.9 Å². The Hall–Kier alpha value is -1.00. The number of sulfonamides is 1. The molecular formula is C16H26ClN3O4S2. The number of hydrogen-bond donors (Lipinski definition) is 2. The summed E-state index contributed by atoms with van der Waals surface area (Å²) < 4.78 is 31.6. The lowest BCUT2D eigenvalue weighted by atomic mass is 10.2. The molecule has 26 heavy (non-hydrogen) atoms. The van der Waals surface area contributed by atoms with E-state index >= 15 is 0 Å². The molecule has 0 saturated carbocycles. The number of thioether (sulfide) groups is 1. The molecule has 0 spiro atoms. The molecule has 1 fully saturated rings. The maximum atomic E-state index is 12.5. The highest BCUT2D eigenvalue weighted by Gasteiger charge is 2.23. The molecule has 0 radical (unpaired) electrons. The molecular weight excluding hydrogens is 398 g/mol. The van der Waals surface area contributed by atoms with Gasteiger partial charge in [0, 0.05) is 50.3 Å². The molecule has 0 aliphatic carbocycles. The first-order chi connectivity index (χ1) is 11.8. The van der Waals surface area contributed by atoms with Crippen LogP contribution in [0.4, 0.5) is 5.69 Å². The third-order valence-electron chi connectivity index (χ3n) is 3.72. The third-order valence-corrected chi connectivity index (χ3v) is 6.68. The zero-order valence-corrected chi connectivity index (χ0v) is 17.6. The molecule has 1 unspecified atom stereocenters. The molecule has 1 aromatic carbocycles. The highest BCUT2D eigenvalue weighted by molar-refractivity contribution is 7.99. The number of halogens is 1. The van der Waals surface area contributed by atoms with Crippen LogP contribution in [-0.2, 0) is 14.8 Å². The minimum atomic E-state index is -3.67. The first-order valence-electron chi connectivity index (χ1n) is 8.15. The van der Waals surface area contributed by atoms with Crippen molar-refractivity contribution in [1.82, 2.24) is 9.62 Å². The molecule has 1 saturated heterocycles. The average molecular weight is 424 g/mol. The monoisotopic (exact) mass is 423 g/mol. The SMILES string of the molecule is CCOc1ccc(NC(=O)CC2CSCCN2)cc1S(=O)(=O)N(C)C.Cl. The van der Waals surface area contributed by atoms with E-state index in [1.807, 2.05) is 11.8 Å². The largest absolute Gasteiger partial charge is 0.492 e. The normalized spacial score (nSPS) is 17.5. The molecule has 1 aromatic rings. The van der Waals surface area contributed by atoms with E-state index in [4.69, 9.17) is 4.74 Å². The number of anilines is 1. The number of carbonyl (C=O) groups is 1. The van der Waals surface area contributed by atoms with E-state index in [1.165, 1.54) is 20.2 Å². The minimum absolute atomic E-state index is 0. The summed E-state index contributed by atoms with van der Waals surface area (Å²) in [6.45, 7) is 3.04. The molecule has 7 nitrogen and oxygen atoms in total. The molecule has 0 aromatic heterocycles. The van der Waals surface area contributed by atoms with Gasteiger partial charge in [-0.25, -0.2) is 12.7 Å². The van der Waals surface area contributed by atoms with Gasteiger partial charge < -0.3 is 15.4 Å². The van der Waals surface area contributed by atoms with Crippen LogP contribution in [0.1, 0.15) is 13.3 Å². The van der Waals surface area contributed by atoms with Crippen molar-refractivity contribution in [2.45, 2.75) is 24.3 Å². The van der Waals surface area contributed by atoms with Crippen molar-refractivity contribution >= 4 is 45.8 Å². The topological polar surface area (TPSA) is 87.7 Å². The van der Waals surface area contributed by atoms with Gasteiger partial charge in [0.05, 0.1) is 6.61 Å². The van der Waals surface area contributed by atoms with Crippen LogP contribution in [0, 0.1) is 0 Å². The summed E-state index contributed by atoms with van der Waals surface area (Å²) in [5, 5.41) is 6.09. The Kier molecular flexibility index (Phi) is 9.18. The fraction of sp³-hybridized carbons (Fsp3) is 0.562. The average Bonchev–Trinajstić information content (AvgIpc) is 2.57. The quantitative estimate of drug-likeness (QED) is 0.695. The fourth-order valence-electron chi connectivity index (χ4n) is 2.45. The molecule has 148 valence electrons.